The molecule has 1 N–H and O–H groups in total. The monoisotopic (exact) mass is 292 g/mol. The largest absolute Gasteiger partial charge is 0.494 e. The highest BCUT2D eigenvalue weighted by atomic mass is 16.7. The van der Waals surface area contributed by atoms with Crippen LogP contribution in [0, 0.1) is 0 Å². The van der Waals surface area contributed by atoms with Gasteiger partial charge in [-0.3, -0.25) is 0 Å². The maximum Gasteiger partial charge on any atom is 0.494 e. The molecule has 4 heteroatoms. The Bertz CT molecular complexity index is 410. The third-order valence-electron chi connectivity index (χ3n) is 4.32. The lowest BCUT2D eigenvalue weighted by molar-refractivity contribution is 0.00578. The third kappa shape index (κ3) is 4.32. The van der Waals surface area contributed by atoms with Gasteiger partial charge in [-0.25, -0.2) is 0 Å². The topological polar surface area (TPSA) is 38.7 Å². The van der Waals surface area contributed by atoms with Crippen molar-refractivity contribution in [2.24, 2.45) is 0 Å². The number of hydrogen-bond acceptors (Lipinski definition) is 3. The summed E-state index contributed by atoms with van der Waals surface area (Å²) in [5.74, 6) is 0. The van der Waals surface area contributed by atoms with Crippen molar-refractivity contribution in [3.63, 3.8) is 0 Å². The minimum absolute atomic E-state index is 0.245. The Labute approximate surface area is 129 Å². The van der Waals surface area contributed by atoms with E-state index >= 15 is 0 Å². The van der Waals surface area contributed by atoms with Gasteiger partial charge in [-0.05, 0) is 51.6 Å². The molecule has 1 aliphatic rings. The number of hydrogen-bond donors (Lipinski definition) is 1. The van der Waals surface area contributed by atoms with Crippen LogP contribution in [-0.4, -0.2) is 30.5 Å². The van der Waals surface area contributed by atoms with Gasteiger partial charge in [0.25, 0.3) is 0 Å². The second-order valence-corrected chi connectivity index (χ2v) is 6.43. The molecule has 0 aromatic heterocycles. The van der Waals surface area contributed by atoms with E-state index in [2.05, 4.69) is 58.9 Å². The second kappa shape index (κ2) is 7.43. The minimum Gasteiger partial charge on any atom is -0.400 e. The molecule has 0 aliphatic carbocycles. The predicted octanol–water partition coefficient (Wildman–Crippen LogP) is 2.94. The van der Waals surface area contributed by atoms with Crippen molar-refractivity contribution < 1.29 is 14.4 Å². The van der Waals surface area contributed by atoms with E-state index in [1.54, 1.807) is 0 Å². The van der Waals surface area contributed by atoms with E-state index < -0.39 is 0 Å². The standard InChI is InChI=1S/C16H25BO2.CH4O/c1-6-7-8-13-9-11-14(12-10-13)17-18-15(2,3)16(4,5)19-17;1-2/h9-12H,6-8H2,1-5H3;2H,1H3. The number of aliphatic hydroxyl groups excluding tert-OH is 1. The number of benzene rings is 1. The Kier molecular flexibility index (Phi) is 6.45. The lowest BCUT2D eigenvalue weighted by Crippen LogP contribution is -2.41. The Hall–Kier alpha value is -0.835. The Balaban J connectivity index is 0.00000106. The molecule has 0 bridgehead atoms. The van der Waals surface area contributed by atoms with E-state index in [0.717, 1.165) is 19.0 Å². The molecule has 0 radical (unpaired) electrons. The maximum atomic E-state index is 7.00. The molecule has 1 aliphatic heterocycles. The number of aliphatic hydroxyl groups is 1. The molecule has 0 saturated carbocycles. The highest BCUT2D eigenvalue weighted by Gasteiger charge is 2.51. The molecule has 1 heterocycles. The number of unbranched alkanes of at least 4 members (excludes halogenated alkanes) is 1. The Morgan fingerprint density at radius 3 is 1.86 bits per heavy atom. The smallest absolute Gasteiger partial charge is 0.400 e. The summed E-state index contributed by atoms with van der Waals surface area (Å²) in [6.45, 7) is 10.6. The molecule has 0 amide bonds. The van der Waals surface area contributed by atoms with Gasteiger partial charge in [0.05, 0.1) is 11.2 Å². The van der Waals surface area contributed by atoms with Gasteiger partial charge >= 0.3 is 7.12 Å². The average Bonchev–Trinajstić information content (AvgIpc) is 2.68. The zero-order valence-electron chi connectivity index (χ0n) is 14.3. The van der Waals surface area contributed by atoms with Crippen molar-refractivity contribution in [1.29, 1.82) is 0 Å². The second-order valence-electron chi connectivity index (χ2n) is 6.43. The molecular formula is C17H29BO3. The summed E-state index contributed by atoms with van der Waals surface area (Å²) in [5.41, 5.74) is 1.97. The van der Waals surface area contributed by atoms with Crippen LogP contribution in [0.5, 0.6) is 0 Å². The van der Waals surface area contributed by atoms with Crippen molar-refractivity contribution in [3.05, 3.63) is 29.8 Å². The van der Waals surface area contributed by atoms with Gasteiger partial charge in [0.2, 0.25) is 0 Å². The van der Waals surface area contributed by atoms with E-state index in [-0.39, 0.29) is 18.3 Å². The van der Waals surface area contributed by atoms with Crippen LogP contribution in [0.1, 0.15) is 53.0 Å². The molecule has 0 atom stereocenters. The molecule has 0 spiro atoms. The van der Waals surface area contributed by atoms with Gasteiger partial charge in [-0.15, -0.1) is 0 Å². The summed E-state index contributed by atoms with van der Waals surface area (Å²) in [5, 5.41) is 7.00. The van der Waals surface area contributed by atoms with Crippen LogP contribution < -0.4 is 5.46 Å². The van der Waals surface area contributed by atoms with Crippen molar-refractivity contribution in [2.45, 2.75) is 65.1 Å². The van der Waals surface area contributed by atoms with Crippen molar-refractivity contribution in [1.82, 2.24) is 0 Å². The van der Waals surface area contributed by atoms with E-state index in [4.69, 9.17) is 14.4 Å². The molecule has 0 unspecified atom stereocenters. The molecule has 2 rings (SSSR count). The molecule has 3 nitrogen and oxygen atoms in total. The van der Waals surface area contributed by atoms with Crippen LogP contribution in [0.2, 0.25) is 0 Å². The van der Waals surface area contributed by atoms with Crippen molar-refractivity contribution in [2.75, 3.05) is 7.11 Å². The molecular weight excluding hydrogens is 263 g/mol. The average molecular weight is 292 g/mol. The fourth-order valence-corrected chi connectivity index (χ4v) is 2.20. The van der Waals surface area contributed by atoms with Gasteiger partial charge in [0, 0.05) is 7.11 Å². The summed E-state index contributed by atoms with van der Waals surface area (Å²) in [4.78, 5) is 0. The maximum absolute atomic E-state index is 7.00. The first-order valence-corrected chi connectivity index (χ1v) is 7.75. The summed E-state index contributed by atoms with van der Waals surface area (Å²) in [6.07, 6.45) is 3.63. The highest BCUT2D eigenvalue weighted by molar-refractivity contribution is 6.62. The van der Waals surface area contributed by atoms with Gasteiger partial charge < -0.3 is 14.4 Å². The molecule has 21 heavy (non-hydrogen) atoms. The first-order valence-electron chi connectivity index (χ1n) is 7.75. The highest BCUT2D eigenvalue weighted by Crippen LogP contribution is 2.36. The summed E-state index contributed by atoms with van der Waals surface area (Å²) < 4.78 is 12.1. The molecule has 1 aromatic rings. The third-order valence-corrected chi connectivity index (χ3v) is 4.32. The molecule has 1 saturated heterocycles. The van der Waals surface area contributed by atoms with Crippen LogP contribution >= 0.6 is 0 Å². The lowest BCUT2D eigenvalue weighted by atomic mass is 9.78. The number of rotatable bonds is 4. The zero-order chi connectivity index (χ0) is 16.1. The van der Waals surface area contributed by atoms with Crippen LogP contribution in [0.15, 0.2) is 24.3 Å². The van der Waals surface area contributed by atoms with Crippen LogP contribution in [0.4, 0.5) is 0 Å². The zero-order valence-corrected chi connectivity index (χ0v) is 14.3. The fraction of sp³-hybridized carbons (Fsp3) is 0.647. The van der Waals surface area contributed by atoms with E-state index in [1.807, 2.05) is 0 Å². The first-order chi connectivity index (χ1) is 9.86. The normalized spacial score (nSPS) is 19.1. The van der Waals surface area contributed by atoms with Gasteiger partial charge in [-0.1, -0.05) is 37.6 Å². The predicted molar refractivity (Wildman–Crippen MR) is 88.9 cm³/mol. The van der Waals surface area contributed by atoms with Crippen molar-refractivity contribution >= 4 is 12.6 Å². The Morgan fingerprint density at radius 2 is 1.43 bits per heavy atom. The first kappa shape index (κ1) is 18.2. The number of aryl methyl sites for hydroxylation is 1. The van der Waals surface area contributed by atoms with Crippen LogP contribution in [0.25, 0.3) is 0 Å². The minimum atomic E-state index is -0.265. The SMILES string of the molecule is CCCCc1ccc(B2OC(C)(C)C(C)(C)O2)cc1.CO. The van der Waals surface area contributed by atoms with Gasteiger partial charge in [-0.2, -0.15) is 0 Å². The fourth-order valence-electron chi connectivity index (χ4n) is 2.20. The van der Waals surface area contributed by atoms with E-state index in [1.165, 1.54) is 18.4 Å². The quantitative estimate of drug-likeness (QED) is 0.867. The van der Waals surface area contributed by atoms with Crippen molar-refractivity contribution in [3.8, 4) is 0 Å². The molecule has 118 valence electrons. The summed E-state index contributed by atoms with van der Waals surface area (Å²) in [7, 11) is 0.755. The van der Waals surface area contributed by atoms with Gasteiger partial charge in [0.1, 0.15) is 0 Å². The van der Waals surface area contributed by atoms with Crippen LogP contribution in [0.3, 0.4) is 0 Å². The lowest BCUT2D eigenvalue weighted by Gasteiger charge is -2.32. The summed E-state index contributed by atoms with van der Waals surface area (Å²) in [6, 6.07) is 8.65. The van der Waals surface area contributed by atoms with E-state index in [0.29, 0.717) is 0 Å². The van der Waals surface area contributed by atoms with Crippen LogP contribution in [-0.2, 0) is 15.7 Å². The van der Waals surface area contributed by atoms with Gasteiger partial charge in [0.15, 0.2) is 0 Å². The van der Waals surface area contributed by atoms with E-state index in [9.17, 15) is 0 Å². The molecule has 1 fully saturated rings. The Morgan fingerprint density at radius 1 is 0.952 bits per heavy atom. The summed E-state index contributed by atoms with van der Waals surface area (Å²) >= 11 is 0. The molecule has 1 aromatic carbocycles.